The van der Waals surface area contributed by atoms with Gasteiger partial charge in [-0.05, 0) is 74.6 Å². The quantitative estimate of drug-likeness (QED) is 0.688. The first kappa shape index (κ1) is 23.0. The summed E-state index contributed by atoms with van der Waals surface area (Å²) in [6, 6.07) is 9.94. The van der Waals surface area contributed by atoms with Crippen molar-refractivity contribution in [2.45, 2.75) is 44.9 Å². The summed E-state index contributed by atoms with van der Waals surface area (Å²) in [5, 5.41) is 2.69. The molecule has 0 aliphatic carbocycles. The third kappa shape index (κ3) is 5.51. The number of carbonyl (C=O) groups excluding carboxylic acids is 2. The van der Waals surface area contributed by atoms with E-state index < -0.39 is 28.5 Å². The summed E-state index contributed by atoms with van der Waals surface area (Å²) >= 11 is 0. The highest BCUT2D eigenvalue weighted by Gasteiger charge is 2.28. The molecule has 0 saturated carbocycles. The molecule has 8 heteroatoms. The predicted octanol–water partition coefficient (Wildman–Crippen LogP) is 3.58. The van der Waals surface area contributed by atoms with Gasteiger partial charge in [0.25, 0.3) is 5.91 Å². The van der Waals surface area contributed by atoms with Crippen LogP contribution in [0.25, 0.3) is 0 Å². The van der Waals surface area contributed by atoms with Gasteiger partial charge >= 0.3 is 5.97 Å². The largest absolute Gasteiger partial charge is 0.452 e. The fourth-order valence-corrected chi connectivity index (χ4v) is 5.25. The average molecular weight is 445 g/mol. The van der Waals surface area contributed by atoms with Gasteiger partial charge in [-0.1, -0.05) is 18.6 Å². The monoisotopic (exact) mass is 444 g/mol. The molecular weight excluding hydrogens is 416 g/mol. The molecule has 1 N–H and O–H groups in total. The van der Waals surface area contributed by atoms with Gasteiger partial charge < -0.3 is 10.1 Å². The molecule has 3 rings (SSSR count). The molecule has 0 atom stereocenters. The topological polar surface area (TPSA) is 92.8 Å². The van der Waals surface area contributed by atoms with Crippen LogP contribution in [0.4, 0.5) is 5.69 Å². The second-order valence-corrected chi connectivity index (χ2v) is 9.77. The molecule has 0 spiro atoms. The van der Waals surface area contributed by atoms with Gasteiger partial charge in [-0.2, -0.15) is 4.31 Å². The summed E-state index contributed by atoms with van der Waals surface area (Å²) in [7, 11) is -3.68. The predicted molar refractivity (Wildman–Crippen MR) is 119 cm³/mol. The second-order valence-electron chi connectivity index (χ2n) is 7.87. The van der Waals surface area contributed by atoms with Crippen molar-refractivity contribution in [3.63, 3.8) is 0 Å². The number of anilines is 1. The van der Waals surface area contributed by atoms with Gasteiger partial charge in [-0.3, -0.25) is 4.79 Å². The van der Waals surface area contributed by atoms with Gasteiger partial charge in [0.05, 0.1) is 10.5 Å². The maximum Gasteiger partial charge on any atom is 0.338 e. The van der Waals surface area contributed by atoms with Crippen molar-refractivity contribution in [1.82, 2.24) is 4.31 Å². The van der Waals surface area contributed by atoms with Crippen LogP contribution in [0.5, 0.6) is 0 Å². The van der Waals surface area contributed by atoms with Crippen LogP contribution in [0, 0.1) is 20.8 Å². The third-order valence-electron chi connectivity index (χ3n) is 5.48. The minimum absolute atomic E-state index is 0.0974. The van der Waals surface area contributed by atoms with E-state index in [0.29, 0.717) is 24.3 Å². The lowest BCUT2D eigenvalue weighted by Crippen LogP contribution is -2.36. The molecule has 166 valence electrons. The maximum atomic E-state index is 13.0. The second kappa shape index (κ2) is 9.62. The Balaban J connectivity index is 1.67. The zero-order chi connectivity index (χ0) is 22.6. The van der Waals surface area contributed by atoms with E-state index in [4.69, 9.17) is 4.74 Å². The molecule has 0 aromatic heterocycles. The Labute approximate surface area is 183 Å². The van der Waals surface area contributed by atoms with Gasteiger partial charge in [0.1, 0.15) is 0 Å². The van der Waals surface area contributed by atoms with Gasteiger partial charge in [-0.15, -0.1) is 0 Å². The SMILES string of the molecule is Cc1ccc(NC(=O)COC(=O)c2ccc(C)c(S(=O)(=O)N3CCCCC3)c2)cc1C. The van der Waals surface area contributed by atoms with Crippen LogP contribution in [-0.2, 0) is 19.6 Å². The Kier molecular flexibility index (Phi) is 7.12. The number of nitrogens with zero attached hydrogens (tertiary/aromatic N) is 1. The fraction of sp³-hybridized carbons (Fsp3) is 0.391. The first-order valence-electron chi connectivity index (χ1n) is 10.3. The number of rotatable bonds is 6. The lowest BCUT2D eigenvalue weighted by molar-refractivity contribution is -0.119. The Morgan fingerprint density at radius 2 is 1.61 bits per heavy atom. The van der Waals surface area contributed by atoms with Gasteiger partial charge in [0.2, 0.25) is 10.0 Å². The van der Waals surface area contributed by atoms with E-state index in [9.17, 15) is 18.0 Å². The number of benzene rings is 2. The van der Waals surface area contributed by atoms with Crippen LogP contribution < -0.4 is 5.32 Å². The van der Waals surface area contributed by atoms with E-state index in [2.05, 4.69) is 5.32 Å². The van der Waals surface area contributed by atoms with Crippen LogP contribution in [0.1, 0.15) is 46.3 Å². The minimum Gasteiger partial charge on any atom is -0.452 e. The summed E-state index contributed by atoms with van der Waals surface area (Å²) in [5.74, 6) is -1.21. The summed E-state index contributed by atoms with van der Waals surface area (Å²) < 4.78 is 32.6. The van der Waals surface area contributed by atoms with Gasteiger partial charge in [0, 0.05) is 18.8 Å². The van der Waals surface area contributed by atoms with Crippen molar-refractivity contribution < 1.29 is 22.7 Å². The molecule has 1 aliphatic rings. The summed E-state index contributed by atoms with van der Waals surface area (Å²) in [5.41, 5.74) is 3.43. The van der Waals surface area contributed by atoms with Gasteiger partial charge in [0.15, 0.2) is 6.61 Å². The number of piperidine rings is 1. The summed E-state index contributed by atoms with van der Waals surface area (Å²) in [4.78, 5) is 24.7. The molecular formula is C23H28N2O5S. The summed E-state index contributed by atoms with van der Waals surface area (Å²) in [6.45, 7) is 6.11. The molecule has 2 aromatic rings. The maximum absolute atomic E-state index is 13.0. The number of aryl methyl sites for hydroxylation is 3. The molecule has 0 radical (unpaired) electrons. The normalized spacial score (nSPS) is 14.8. The Bertz CT molecular complexity index is 1090. The molecule has 1 heterocycles. The molecule has 31 heavy (non-hydrogen) atoms. The van der Waals surface area contributed by atoms with Crippen LogP contribution in [0.15, 0.2) is 41.3 Å². The number of hydrogen-bond acceptors (Lipinski definition) is 5. The Hall–Kier alpha value is -2.71. The molecule has 1 amide bonds. The standard InChI is InChI=1S/C23H28N2O5S/c1-16-8-10-20(13-18(16)3)24-22(26)15-30-23(27)19-9-7-17(2)21(14-19)31(28,29)25-11-5-4-6-12-25/h7-10,13-14H,4-6,11-12,15H2,1-3H3,(H,24,26). The van der Waals surface area contributed by atoms with Crippen LogP contribution in [-0.4, -0.2) is 44.3 Å². The highest BCUT2D eigenvalue weighted by atomic mass is 32.2. The number of esters is 1. The smallest absolute Gasteiger partial charge is 0.338 e. The molecule has 0 unspecified atom stereocenters. The zero-order valence-electron chi connectivity index (χ0n) is 18.1. The first-order chi connectivity index (χ1) is 14.7. The van der Waals surface area contributed by atoms with Crippen molar-refractivity contribution >= 4 is 27.6 Å². The number of carbonyl (C=O) groups is 2. The first-order valence-corrected chi connectivity index (χ1v) is 11.8. The number of hydrogen-bond donors (Lipinski definition) is 1. The lowest BCUT2D eigenvalue weighted by Gasteiger charge is -2.26. The molecule has 7 nitrogen and oxygen atoms in total. The minimum atomic E-state index is -3.68. The highest BCUT2D eigenvalue weighted by molar-refractivity contribution is 7.89. The van der Waals surface area contributed by atoms with Crippen LogP contribution in [0.3, 0.4) is 0 Å². The van der Waals surface area contributed by atoms with Crippen molar-refractivity contribution in [1.29, 1.82) is 0 Å². The van der Waals surface area contributed by atoms with E-state index in [-0.39, 0.29) is 10.5 Å². The van der Waals surface area contributed by atoms with Crippen molar-refractivity contribution in [2.24, 2.45) is 0 Å². The van der Waals surface area contributed by atoms with Crippen molar-refractivity contribution in [3.05, 3.63) is 58.7 Å². The molecule has 2 aromatic carbocycles. The van der Waals surface area contributed by atoms with Crippen molar-refractivity contribution in [2.75, 3.05) is 25.0 Å². The number of sulfonamides is 1. The molecule has 1 fully saturated rings. The van der Waals surface area contributed by atoms with Crippen LogP contribution >= 0.6 is 0 Å². The third-order valence-corrected chi connectivity index (χ3v) is 7.52. The average Bonchev–Trinajstić information content (AvgIpc) is 2.75. The molecule has 1 saturated heterocycles. The van der Waals surface area contributed by atoms with E-state index in [1.807, 2.05) is 26.0 Å². The Morgan fingerprint density at radius 1 is 0.935 bits per heavy atom. The van der Waals surface area contributed by atoms with E-state index in [1.165, 1.54) is 16.4 Å². The van der Waals surface area contributed by atoms with Crippen molar-refractivity contribution in [3.8, 4) is 0 Å². The van der Waals surface area contributed by atoms with E-state index in [0.717, 1.165) is 30.4 Å². The van der Waals surface area contributed by atoms with Crippen LogP contribution in [0.2, 0.25) is 0 Å². The number of amides is 1. The fourth-order valence-electron chi connectivity index (χ4n) is 3.48. The number of ether oxygens (including phenoxy) is 1. The van der Waals surface area contributed by atoms with E-state index in [1.54, 1.807) is 19.1 Å². The highest BCUT2D eigenvalue weighted by Crippen LogP contribution is 2.24. The summed E-state index contributed by atoms with van der Waals surface area (Å²) in [6.07, 6.45) is 2.67. The zero-order valence-corrected chi connectivity index (χ0v) is 18.9. The number of nitrogens with one attached hydrogen (secondary N) is 1. The van der Waals surface area contributed by atoms with E-state index >= 15 is 0 Å². The van der Waals surface area contributed by atoms with Gasteiger partial charge in [-0.25, -0.2) is 13.2 Å². The lowest BCUT2D eigenvalue weighted by atomic mass is 10.1. The molecule has 1 aliphatic heterocycles. The Morgan fingerprint density at radius 3 is 2.29 bits per heavy atom. The molecule has 0 bridgehead atoms.